The molecule has 7 nitrogen and oxygen atoms in total. The van der Waals surface area contributed by atoms with Crippen molar-refractivity contribution >= 4 is 11.8 Å². The number of imidazole rings is 1. The molecule has 3 aromatic rings. The number of benzene rings is 1. The Morgan fingerprint density at radius 1 is 0.913 bits per heavy atom. The largest absolute Gasteiger partial charge is 0.291 e. The molecule has 0 saturated heterocycles. The fourth-order valence-corrected chi connectivity index (χ4v) is 1.92. The van der Waals surface area contributed by atoms with Gasteiger partial charge in [-0.3, -0.25) is 25.0 Å². The summed E-state index contributed by atoms with van der Waals surface area (Å²) in [4.78, 5) is 31.9. The normalized spacial score (nSPS) is 10.1. The summed E-state index contributed by atoms with van der Waals surface area (Å²) in [6.45, 7) is 0. The molecule has 7 heteroatoms. The number of carbonyl (C=O) groups is 2. The van der Waals surface area contributed by atoms with E-state index in [9.17, 15) is 9.59 Å². The van der Waals surface area contributed by atoms with Crippen molar-refractivity contribution in [3.05, 3.63) is 78.5 Å². The number of hydrogen-bond acceptors (Lipinski definition) is 4. The van der Waals surface area contributed by atoms with Gasteiger partial charge >= 0.3 is 0 Å². The number of aromatic nitrogens is 3. The van der Waals surface area contributed by atoms with Crippen LogP contribution >= 0.6 is 0 Å². The zero-order chi connectivity index (χ0) is 16.1. The minimum absolute atomic E-state index is 0.335. The second kappa shape index (κ2) is 6.52. The topological polar surface area (TPSA) is 88.9 Å². The van der Waals surface area contributed by atoms with Gasteiger partial charge in [0.05, 0.1) is 5.56 Å². The van der Waals surface area contributed by atoms with Crippen molar-refractivity contribution in [2.45, 2.75) is 0 Å². The average Bonchev–Trinajstić information content (AvgIpc) is 3.15. The van der Waals surface area contributed by atoms with Crippen LogP contribution in [0.1, 0.15) is 20.7 Å². The molecule has 23 heavy (non-hydrogen) atoms. The molecular weight excluding hydrogens is 294 g/mol. The fraction of sp³-hybridized carbons (Fsp3) is 0. The van der Waals surface area contributed by atoms with Crippen LogP contribution < -0.4 is 10.9 Å². The van der Waals surface area contributed by atoms with Gasteiger partial charge in [0, 0.05) is 24.2 Å². The average molecular weight is 307 g/mol. The summed E-state index contributed by atoms with van der Waals surface area (Å²) < 4.78 is 1.72. The van der Waals surface area contributed by atoms with Crippen LogP contribution in [-0.4, -0.2) is 26.3 Å². The highest BCUT2D eigenvalue weighted by molar-refractivity contribution is 5.98. The molecule has 3 rings (SSSR count). The molecule has 0 aliphatic rings. The third kappa shape index (κ3) is 3.41. The van der Waals surface area contributed by atoms with E-state index in [0.29, 0.717) is 16.9 Å². The molecule has 2 amide bonds. The lowest BCUT2D eigenvalue weighted by Gasteiger charge is -2.07. The van der Waals surface area contributed by atoms with Crippen LogP contribution in [0.25, 0.3) is 5.82 Å². The van der Waals surface area contributed by atoms with E-state index in [4.69, 9.17) is 0 Å². The molecule has 2 heterocycles. The second-order valence-electron chi connectivity index (χ2n) is 4.65. The molecule has 0 atom stereocenters. The summed E-state index contributed by atoms with van der Waals surface area (Å²) in [5.41, 5.74) is 5.51. The molecule has 0 spiro atoms. The quantitative estimate of drug-likeness (QED) is 0.715. The molecule has 0 radical (unpaired) electrons. The van der Waals surface area contributed by atoms with Gasteiger partial charge in [-0.2, -0.15) is 0 Å². The van der Waals surface area contributed by atoms with Crippen molar-refractivity contribution in [3.8, 4) is 5.82 Å². The molecule has 0 aliphatic heterocycles. The number of hydrazine groups is 1. The Hall–Kier alpha value is -3.48. The number of amides is 2. The van der Waals surface area contributed by atoms with E-state index < -0.39 is 5.91 Å². The number of nitrogens with zero attached hydrogens (tertiary/aromatic N) is 3. The predicted molar refractivity (Wildman–Crippen MR) is 82.7 cm³/mol. The molecule has 2 N–H and O–H groups in total. The Morgan fingerprint density at radius 3 is 2.26 bits per heavy atom. The Bertz CT molecular complexity index is 798. The van der Waals surface area contributed by atoms with Gasteiger partial charge in [0.1, 0.15) is 12.1 Å². The van der Waals surface area contributed by atoms with Crippen LogP contribution in [0.5, 0.6) is 0 Å². The highest BCUT2D eigenvalue weighted by Crippen LogP contribution is 2.05. The Kier molecular flexibility index (Phi) is 4.10. The van der Waals surface area contributed by atoms with Crippen molar-refractivity contribution in [2.75, 3.05) is 0 Å². The van der Waals surface area contributed by atoms with Gasteiger partial charge in [-0.1, -0.05) is 18.2 Å². The number of hydrogen-bond donors (Lipinski definition) is 2. The molecule has 114 valence electrons. The lowest BCUT2D eigenvalue weighted by atomic mass is 10.2. The zero-order valence-corrected chi connectivity index (χ0v) is 12.0. The SMILES string of the molecule is O=C(NNC(=O)c1ccc(-n2ccnc2)nc1)c1ccccc1. The van der Waals surface area contributed by atoms with Gasteiger partial charge in [-0.05, 0) is 24.3 Å². The molecule has 0 fully saturated rings. The van der Waals surface area contributed by atoms with Crippen molar-refractivity contribution in [1.82, 2.24) is 25.4 Å². The van der Waals surface area contributed by atoms with Crippen molar-refractivity contribution < 1.29 is 9.59 Å². The van der Waals surface area contributed by atoms with Crippen LogP contribution in [0.15, 0.2) is 67.4 Å². The lowest BCUT2D eigenvalue weighted by Crippen LogP contribution is -2.41. The van der Waals surface area contributed by atoms with E-state index in [2.05, 4.69) is 20.8 Å². The molecule has 1 aromatic carbocycles. The van der Waals surface area contributed by atoms with Gasteiger partial charge in [-0.15, -0.1) is 0 Å². The van der Waals surface area contributed by atoms with E-state index in [1.54, 1.807) is 59.7 Å². The van der Waals surface area contributed by atoms with Crippen molar-refractivity contribution in [3.63, 3.8) is 0 Å². The highest BCUT2D eigenvalue weighted by Gasteiger charge is 2.09. The summed E-state index contributed by atoms with van der Waals surface area (Å²) in [6, 6.07) is 11.9. The molecule has 2 aromatic heterocycles. The minimum atomic E-state index is -0.445. The van der Waals surface area contributed by atoms with E-state index in [-0.39, 0.29) is 5.91 Å². The first-order valence-corrected chi connectivity index (χ1v) is 6.84. The van der Waals surface area contributed by atoms with Crippen LogP contribution in [-0.2, 0) is 0 Å². The maximum Gasteiger partial charge on any atom is 0.271 e. The van der Waals surface area contributed by atoms with Crippen LogP contribution in [0.2, 0.25) is 0 Å². The minimum Gasteiger partial charge on any atom is -0.291 e. The maximum atomic E-state index is 12.0. The number of pyridine rings is 1. The van der Waals surface area contributed by atoms with Crippen molar-refractivity contribution in [2.24, 2.45) is 0 Å². The van der Waals surface area contributed by atoms with Gasteiger partial charge in [-0.25, -0.2) is 9.97 Å². The monoisotopic (exact) mass is 307 g/mol. The first-order chi connectivity index (χ1) is 11.2. The Balaban J connectivity index is 1.61. The van der Waals surface area contributed by atoms with E-state index >= 15 is 0 Å². The maximum absolute atomic E-state index is 12.0. The number of nitrogens with one attached hydrogen (secondary N) is 2. The van der Waals surface area contributed by atoms with Crippen LogP contribution in [0, 0.1) is 0 Å². The van der Waals surface area contributed by atoms with Crippen LogP contribution in [0.4, 0.5) is 0 Å². The van der Waals surface area contributed by atoms with E-state index in [1.165, 1.54) is 6.20 Å². The highest BCUT2D eigenvalue weighted by atomic mass is 16.2. The molecule has 0 bridgehead atoms. The van der Waals surface area contributed by atoms with E-state index in [1.807, 2.05) is 6.07 Å². The van der Waals surface area contributed by atoms with Gasteiger partial charge in [0.25, 0.3) is 11.8 Å². The summed E-state index contributed by atoms with van der Waals surface area (Å²) in [5.74, 6) is -0.187. The third-order valence-corrected chi connectivity index (χ3v) is 3.10. The smallest absolute Gasteiger partial charge is 0.271 e. The predicted octanol–water partition coefficient (Wildman–Crippen LogP) is 1.34. The van der Waals surface area contributed by atoms with Crippen LogP contribution in [0.3, 0.4) is 0 Å². The van der Waals surface area contributed by atoms with Gasteiger partial charge in [0.15, 0.2) is 0 Å². The summed E-state index contributed by atoms with van der Waals surface area (Å²) in [5, 5.41) is 0. The second-order valence-corrected chi connectivity index (χ2v) is 4.65. The summed E-state index contributed by atoms with van der Waals surface area (Å²) >= 11 is 0. The fourth-order valence-electron chi connectivity index (χ4n) is 1.92. The summed E-state index contributed by atoms with van der Waals surface area (Å²) in [6.07, 6.45) is 6.44. The van der Waals surface area contributed by atoms with Crippen molar-refractivity contribution in [1.29, 1.82) is 0 Å². The first-order valence-electron chi connectivity index (χ1n) is 6.84. The lowest BCUT2D eigenvalue weighted by molar-refractivity contribution is 0.0846. The molecule has 0 aliphatic carbocycles. The first kappa shape index (κ1) is 14.5. The van der Waals surface area contributed by atoms with E-state index in [0.717, 1.165) is 0 Å². The molecule has 0 unspecified atom stereocenters. The third-order valence-electron chi connectivity index (χ3n) is 3.10. The standard InChI is InChI=1S/C16H13N5O2/c22-15(12-4-2-1-3-5-12)19-20-16(23)13-6-7-14(18-10-13)21-9-8-17-11-21/h1-11H,(H,19,22)(H,20,23). The molecule has 0 saturated carbocycles. The Labute approximate surface area is 132 Å². The van der Waals surface area contributed by atoms with Gasteiger partial charge in [0.2, 0.25) is 0 Å². The zero-order valence-electron chi connectivity index (χ0n) is 12.0. The molecular formula is C16H13N5O2. The summed E-state index contributed by atoms with van der Waals surface area (Å²) in [7, 11) is 0. The van der Waals surface area contributed by atoms with Gasteiger partial charge < -0.3 is 0 Å². The Morgan fingerprint density at radius 2 is 1.65 bits per heavy atom. The number of rotatable bonds is 3. The number of carbonyl (C=O) groups excluding carboxylic acids is 2.